The molecule has 25 heavy (non-hydrogen) atoms. The van der Waals surface area contributed by atoms with Crippen LogP contribution in [0.1, 0.15) is 16.7 Å². The SMILES string of the molecule is Cc1ccc(NC(N)=NCC#Cc2ccc(C(F)(F)F)cc2)cc1.I. The molecule has 132 valence electrons. The zero-order chi connectivity index (χ0) is 17.6. The molecule has 0 spiro atoms. The van der Waals surface area contributed by atoms with Gasteiger partial charge in [0.15, 0.2) is 5.96 Å². The van der Waals surface area contributed by atoms with Crippen molar-refractivity contribution in [2.45, 2.75) is 13.1 Å². The number of hydrogen-bond acceptors (Lipinski definition) is 1. The first-order valence-corrected chi connectivity index (χ1v) is 7.14. The summed E-state index contributed by atoms with van der Waals surface area (Å²) in [5.74, 6) is 5.71. The topological polar surface area (TPSA) is 50.4 Å². The third-order valence-corrected chi connectivity index (χ3v) is 3.10. The van der Waals surface area contributed by atoms with Crippen molar-refractivity contribution in [2.75, 3.05) is 11.9 Å². The number of nitrogens with two attached hydrogens (primary N) is 1. The summed E-state index contributed by atoms with van der Waals surface area (Å²) in [6, 6.07) is 12.3. The lowest BCUT2D eigenvalue weighted by Gasteiger charge is -2.05. The van der Waals surface area contributed by atoms with Crippen LogP contribution in [-0.4, -0.2) is 12.5 Å². The van der Waals surface area contributed by atoms with E-state index in [4.69, 9.17) is 5.73 Å². The average molecular weight is 459 g/mol. The van der Waals surface area contributed by atoms with Crippen LogP contribution in [0.15, 0.2) is 53.5 Å². The number of nitrogens with zero attached hydrogens (tertiary/aromatic N) is 1. The Morgan fingerprint density at radius 2 is 1.68 bits per heavy atom. The Bertz CT molecular complexity index is 770. The summed E-state index contributed by atoms with van der Waals surface area (Å²) in [6.45, 7) is 2.13. The predicted octanol–water partition coefficient (Wildman–Crippen LogP) is 4.41. The van der Waals surface area contributed by atoms with E-state index in [1.165, 1.54) is 12.1 Å². The van der Waals surface area contributed by atoms with Crippen LogP contribution < -0.4 is 11.1 Å². The molecule has 2 aromatic carbocycles. The van der Waals surface area contributed by atoms with E-state index in [0.717, 1.165) is 23.4 Å². The van der Waals surface area contributed by atoms with Gasteiger partial charge in [0.2, 0.25) is 0 Å². The first kappa shape index (κ1) is 20.8. The first-order chi connectivity index (χ1) is 11.3. The molecule has 3 nitrogen and oxygen atoms in total. The van der Waals surface area contributed by atoms with E-state index in [9.17, 15) is 13.2 Å². The molecule has 7 heteroatoms. The Morgan fingerprint density at radius 3 is 2.24 bits per heavy atom. The molecule has 2 rings (SSSR count). The van der Waals surface area contributed by atoms with Crippen molar-refractivity contribution >= 4 is 35.6 Å². The van der Waals surface area contributed by atoms with Gasteiger partial charge in [0.05, 0.1) is 5.56 Å². The largest absolute Gasteiger partial charge is 0.416 e. The van der Waals surface area contributed by atoms with Crippen LogP contribution in [-0.2, 0) is 6.18 Å². The highest BCUT2D eigenvalue weighted by Gasteiger charge is 2.29. The Kier molecular flexibility index (Phi) is 7.77. The van der Waals surface area contributed by atoms with Gasteiger partial charge < -0.3 is 11.1 Å². The summed E-state index contributed by atoms with van der Waals surface area (Å²) in [6.07, 6.45) is -4.34. The standard InChI is InChI=1S/C18H16F3N3.HI/c1-13-4-10-16(11-5-13)24-17(22)23-12-2-3-14-6-8-15(9-7-14)18(19,20)21;/h4-11H,12H2,1H3,(H3,22,23,24);1H. The molecule has 0 unspecified atom stereocenters. The fourth-order valence-corrected chi connectivity index (χ4v) is 1.83. The number of aryl methyl sites for hydroxylation is 1. The molecule has 0 fully saturated rings. The van der Waals surface area contributed by atoms with Gasteiger partial charge in [-0.1, -0.05) is 29.5 Å². The van der Waals surface area contributed by atoms with E-state index < -0.39 is 11.7 Å². The minimum absolute atomic E-state index is 0. The van der Waals surface area contributed by atoms with Crippen LogP contribution in [0.4, 0.5) is 18.9 Å². The second kappa shape index (κ2) is 9.32. The monoisotopic (exact) mass is 459 g/mol. The molecule has 0 saturated carbocycles. The molecule has 0 aliphatic rings. The molecule has 0 bridgehead atoms. The van der Waals surface area contributed by atoms with Gasteiger partial charge in [-0.25, -0.2) is 4.99 Å². The van der Waals surface area contributed by atoms with E-state index in [0.29, 0.717) is 5.56 Å². The second-order valence-electron chi connectivity index (χ2n) is 5.07. The van der Waals surface area contributed by atoms with Crippen molar-refractivity contribution in [1.29, 1.82) is 0 Å². The van der Waals surface area contributed by atoms with Gasteiger partial charge in [0, 0.05) is 11.3 Å². The number of guanidine groups is 1. The van der Waals surface area contributed by atoms with Gasteiger partial charge in [0.25, 0.3) is 0 Å². The summed E-state index contributed by atoms with van der Waals surface area (Å²) >= 11 is 0. The van der Waals surface area contributed by atoms with Gasteiger partial charge >= 0.3 is 6.18 Å². The molecular formula is C18H17F3IN3. The third-order valence-electron chi connectivity index (χ3n) is 3.10. The summed E-state index contributed by atoms with van der Waals surface area (Å²) < 4.78 is 37.3. The number of aliphatic imine (C=N–C) groups is 1. The van der Waals surface area contributed by atoms with Gasteiger partial charge in [-0.2, -0.15) is 13.2 Å². The van der Waals surface area contributed by atoms with Crippen molar-refractivity contribution in [3.63, 3.8) is 0 Å². The van der Waals surface area contributed by atoms with Crippen molar-refractivity contribution in [2.24, 2.45) is 10.7 Å². The second-order valence-corrected chi connectivity index (χ2v) is 5.07. The van der Waals surface area contributed by atoms with Crippen molar-refractivity contribution in [3.8, 4) is 11.8 Å². The Morgan fingerprint density at radius 1 is 1.08 bits per heavy atom. The maximum Gasteiger partial charge on any atom is 0.416 e. The summed E-state index contributed by atoms with van der Waals surface area (Å²) in [7, 11) is 0. The minimum atomic E-state index is -4.34. The zero-order valence-electron chi connectivity index (χ0n) is 13.4. The fraction of sp³-hybridized carbons (Fsp3) is 0.167. The lowest BCUT2D eigenvalue weighted by molar-refractivity contribution is -0.137. The lowest BCUT2D eigenvalue weighted by Crippen LogP contribution is -2.22. The molecule has 0 radical (unpaired) electrons. The van der Waals surface area contributed by atoms with Crippen molar-refractivity contribution in [3.05, 3.63) is 65.2 Å². The Labute approximate surface area is 161 Å². The van der Waals surface area contributed by atoms with Gasteiger partial charge in [-0.3, -0.25) is 0 Å². The Balaban J connectivity index is 0.00000312. The van der Waals surface area contributed by atoms with Crippen LogP contribution >= 0.6 is 24.0 Å². The maximum atomic E-state index is 12.4. The number of anilines is 1. The molecule has 3 N–H and O–H groups in total. The number of rotatable bonds is 2. The summed E-state index contributed by atoms with van der Waals surface area (Å²) in [4.78, 5) is 4.04. The number of nitrogens with one attached hydrogen (secondary N) is 1. The summed E-state index contributed by atoms with van der Waals surface area (Å²) in [5.41, 5.74) is 7.48. The highest BCUT2D eigenvalue weighted by molar-refractivity contribution is 14.0. The number of alkyl halides is 3. The number of hydrogen-bond donors (Lipinski definition) is 2. The lowest BCUT2D eigenvalue weighted by atomic mass is 10.1. The van der Waals surface area contributed by atoms with Crippen LogP contribution in [0.2, 0.25) is 0 Å². The first-order valence-electron chi connectivity index (χ1n) is 7.14. The van der Waals surface area contributed by atoms with E-state index in [-0.39, 0.29) is 36.5 Å². The van der Waals surface area contributed by atoms with Crippen LogP contribution in [0, 0.1) is 18.8 Å². The Hall–Kier alpha value is -2.21. The fourth-order valence-electron chi connectivity index (χ4n) is 1.83. The van der Waals surface area contributed by atoms with Crippen molar-refractivity contribution in [1.82, 2.24) is 0 Å². The smallest absolute Gasteiger partial charge is 0.370 e. The molecular weight excluding hydrogens is 442 g/mol. The quantitative estimate of drug-likeness (QED) is 0.303. The van der Waals surface area contributed by atoms with Crippen LogP contribution in [0.5, 0.6) is 0 Å². The summed E-state index contributed by atoms with van der Waals surface area (Å²) in [5, 5.41) is 2.93. The molecule has 2 aromatic rings. The predicted molar refractivity (Wildman–Crippen MR) is 105 cm³/mol. The molecule has 0 saturated heterocycles. The van der Waals surface area contributed by atoms with Gasteiger partial charge in [-0.05, 0) is 43.3 Å². The minimum Gasteiger partial charge on any atom is -0.370 e. The van der Waals surface area contributed by atoms with Gasteiger partial charge in [-0.15, -0.1) is 24.0 Å². The molecule has 0 aliphatic heterocycles. The normalized spacial score (nSPS) is 11.1. The van der Waals surface area contributed by atoms with Crippen molar-refractivity contribution < 1.29 is 13.2 Å². The van der Waals surface area contributed by atoms with E-state index in [1.807, 2.05) is 31.2 Å². The molecule has 0 atom stereocenters. The molecule has 0 aliphatic carbocycles. The van der Waals surface area contributed by atoms with E-state index in [1.54, 1.807) is 0 Å². The molecule has 0 aromatic heterocycles. The van der Waals surface area contributed by atoms with Crippen LogP contribution in [0.3, 0.4) is 0 Å². The number of halogens is 4. The third kappa shape index (κ3) is 7.05. The molecule has 0 amide bonds. The average Bonchev–Trinajstić information content (AvgIpc) is 2.53. The zero-order valence-corrected chi connectivity index (χ0v) is 15.7. The van der Waals surface area contributed by atoms with E-state index in [2.05, 4.69) is 22.2 Å². The van der Waals surface area contributed by atoms with Gasteiger partial charge in [0.1, 0.15) is 6.54 Å². The van der Waals surface area contributed by atoms with Crippen LogP contribution in [0.25, 0.3) is 0 Å². The molecule has 0 heterocycles. The highest BCUT2D eigenvalue weighted by atomic mass is 127. The highest BCUT2D eigenvalue weighted by Crippen LogP contribution is 2.28. The van der Waals surface area contributed by atoms with E-state index >= 15 is 0 Å². The maximum absolute atomic E-state index is 12.4. The number of benzene rings is 2.